The van der Waals surface area contributed by atoms with Crippen LogP contribution in [0.4, 0.5) is 11.4 Å². The zero-order valence-electron chi connectivity index (χ0n) is 9.24. The number of hydrogen-bond acceptors (Lipinski definition) is 4. The Morgan fingerprint density at radius 1 is 1.50 bits per heavy atom. The van der Waals surface area contributed by atoms with E-state index in [-0.39, 0.29) is 12.5 Å². The van der Waals surface area contributed by atoms with Gasteiger partial charge in [0.1, 0.15) is 5.75 Å². The molecule has 86 valence electrons. The van der Waals surface area contributed by atoms with Crippen LogP contribution in [0.1, 0.15) is 13.8 Å². The fourth-order valence-electron chi connectivity index (χ4n) is 1.48. The molecule has 0 saturated heterocycles. The summed E-state index contributed by atoms with van der Waals surface area (Å²) in [6.07, 6.45) is 0. The molecule has 1 aliphatic rings. The average Bonchev–Trinajstić information content (AvgIpc) is 2.19. The molecule has 2 rings (SSSR count). The van der Waals surface area contributed by atoms with E-state index in [9.17, 15) is 4.79 Å². The van der Waals surface area contributed by atoms with E-state index in [0.29, 0.717) is 22.4 Å². The van der Waals surface area contributed by atoms with Gasteiger partial charge in [-0.1, -0.05) is 13.8 Å². The van der Waals surface area contributed by atoms with E-state index in [2.05, 4.69) is 19.2 Å². The molecule has 0 fully saturated rings. The summed E-state index contributed by atoms with van der Waals surface area (Å²) >= 11 is 1.67. The number of carbonyl (C=O) groups excluding carboxylic acids is 1. The minimum atomic E-state index is -0.127. The maximum Gasteiger partial charge on any atom is 0.262 e. The first-order chi connectivity index (χ1) is 7.56. The van der Waals surface area contributed by atoms with E-state index in [4.69, 9.17) is 10.5 Å². The SMILES string of the molecule is CC(C)Sc1cc2c(cc1N)OCC(=O)N2. The normalized spacial score (nSPS) is 14.3. The topological polar surface area (TPSA) is 64.3 Å². The Bertz CT molecular complexity index is 432. The highest BCUT2D eigenvalue weighted by molar-refractivity contribution is 8.00. The van der Waals surface area contributed by atoms with Crippen molar-refractivity contribution in [1.29, 1.82) is 0 Å². The smallest absolute Gasteiger partial charge is 0.262 e. The molecule has 4 nitrogen and oxygen atoms in total. The van der Waals surface area contributed by atoms with Crippen molar-refractivity contribution in [1.82, 2.24) is 0 Å². The van der Waals surface area contributed by atoms with Gasteiger partial charge in [-0.3, -0.25) is 4.79 Å². The van der Waals surface area contributed by atoms with Crippen LogP contribution in [0, 0.1) is 0 Å². The molecule has 0 unspecified atom stereocenters. The first-order valence-corrected chi connectivity index (χ1v) is 5.97. The lowest BCUT2D eigenvalue weighted by atomic mass is 10.2. The van der Waals surface area contributed by atoms with Gasteiger partial charge in [-0.05, 0) is 6.07 Å². The van der Waals surface area contributed by atoms with Crippen molar-refractivity contribution in [2.75, 3.05) is 17.7 Å². The number of thioether (sulfide) groups is 1. The number of hydrogen-bond donors (Lipinski definition) is 2. The Morgan fingerprint density at radius 2 is 2.25 bits per heavy atom. The number of nitrogen functional groups attached to an aromatic ring is 1. The summed E-state index contributed by atoms with van der Waals surface area (Å²) in [4.78, 5) is 12.1. The molecule has 3 N–H and O–H groups in total. The maximum absolute atomic E-state index is 11.2. The molecule has 1 heterocycles. The first-order valence-electron chi connectivity index (χ1n) is 5.09. The maximum atomic E-state index is 11.2. The molecule has 0 aromatic heterocycles. The molecule has 1 amide bonds. The van der Waals surface area contributed by atoms with Gasteiger partial charge < -0.3 is 15.8 Å². The lowest BCUT2D eigenvalue weighted by molar-refractivity contribution is -0.118. The molecule has 0 aliphatic carbocycles. The summed E-state index contributed by atoms with van der Waals surface area (Å²) in [5, 5.41) is 3.21. The van der Waals surface area contributed by atoms with Crippen molar-refractivity contribution < 1.29 is 9.53 Å². The summed E-state index contributed by atoms with van der Waals surface area (Å²) < 4.78 is 5.28. The van der Waals surface area contributed by atoms with Crippen molar-refractivity contribution in [3.8, 4) is 5.75 Å². The Balaban J connectivity index is 2.35. The minimum absolute atomic E-state index is 0.0586. The van der Waals surface area contributed by atoms with Crippen LogP contribution < -0.4 is 15.8 Å². The van der Waals surface area contributed by atoms with E-state index < -0.39 is 0 Å². The van der Waals surface area contributed by atoms with Gasteiger partial charge in [0, 0.05) is 21.9 Å². The number of ether oxygens (including phenoxy) is 1. The second-order valence-corrected chi connectivity index (χ2v) is 5.51. The molecule has 0 saturated carbocycles. The molecule has 0 spiro atoms. The molecular formula is C11H14N2O2S. The number of nitrogens with one attached hydrogen (secondary N) is 1. The van der Waals surface area contributed by atoms with E-state index >= 15 is 0 Å². The predicted octanol–water partition coefficient (Wildman–Crippen LogP) is 2.10. The fraction of sp³-hybridized carbons (Fsp3) is 0.364. The zero-order chi connectivity index (χ0) is 11.7. The number of nitrogens with two attached hydrogens (primary N) is 1. The van der Waals surface area contributed by atoms with E-state index in [1.807, 2.05) is 6.07 Å². The summed E-state index contributed by atoms with van der Waals surface area (Å²) in [7, 11) is 0. The van der Waals surface area contributed by atoms with E-state index in [1.54, 1.807) is 17.8 Å². The lowest BCUT2D eigenvalue weighted by Crippen LogP contribution is -2.25. The fourth-order valence-corrected chi connectivity index (χ4v) is 2.37. The number of amides is 1. The van der Waals surface area contributed by atoms with Crippen LogP contribution in [0.5, 0.6) is 5.75 Å². The summed E-state index contributed by atoms with van der Waals surface area (Å²) in [5.41, 5.74) is 7.30. The van der Waals surface area contributed by atoms with Crippen LogP contribution >= 0.6 is 11.8 Å². The number of carbonyl (C=O) groups is 1. The van der Waals surface area contributed by atoms with Crippen molar-refractivity contribution in [2.45, 2.75) is 24.0 Å². The highest BCUT2D eigenvalue weighted by atomic mass is 32.2. The summed E-state index contributed by atoms with van der Waals surface area (Å²) in [6.45, 7) is 4.25. The predicted molar refractivity (Wildman–Crippen MR) is 66.0 cm³/mol. The standard InChI is InChI=1S/C11H14N2O2S/c1-6(2)16-10-4-8-9(3-7(10)12)15-5-11(14)13-8/h3-4,6H,5,12H2,1-2H3,(H,13,14). The Kier molecular flexibility index (Phi) is 2.96. The van der Waals surface area contributed by atoms with Crippen LogP contribution in [0.25, 0.3) is 0 Å². The summed E-state index contributed by atoms with van der Waals surface area (Å²) in [6, 6.07) is 3.63. The van der Waals surface area contributed by atoms with Crippen molar-refractivity contribution >= 4 is 29.0 Å². The molecule has 1 aliphatic heterocycles. The van der Waals surface area contributed by atoms with Gasteiger partial charge in [-0.15, -0.1) is 11.8 Å². The third-order valence-corrected chi connectivity index (χ3v) is 3.19. The molecule has 0 atom stereocenters. The Morgan fingerprint density at radius 3 is 2.94 bits per heavy atom. The van der Waals surface area contributed by atoms with Gasteiger partial charge in [0.05, 0.1) is 5.69 Å². The molecule has 0 radical (unpaired) electrons. The monoisotopic (exact) mass is 238 g/mol. The number of anilines is 2. The van der Waals surface area contributed by atoms with Gasteiger partial charge in [-0.2, -0.15) is 0 Å². The number of rotatable bonds is 2. The molecular weight excluding hydrogens is 224 g/mol. The zero-order valence-corrected chi connectivity index (χ0v) is 10.1. The van der Waals surface area contributed by atoms with Gasteiger partial charge in [0.15, 0.2) is 6.61 Å². The summed E-state index contributed by atoms with van der Waals surface area (Å²) in [5.74, 6) is 0.517. The van der Waals surface area contributed by atoms with Gasteiger partial charge >= 0.3 is 0 Å². The third kappa shape index (κ3) is 2.24. The van der Waals surface area contributed by atoms with Crippen molar-refractivity contribution in [2.24, 2.45) is 0 Å². The van der Waals surface area contributed by atoms with Crippen molar-refractivity contribution in [3.05, 3.63) is 12.1 Å². The van der Waals surface area contributed by atoms with Crippen LogP contribution in [-0.4, -0.2) is 17.8 Å². The number of fused-ring (bicyclic) bond motifs is 1. The van der Waals surface area contributed by atoms with Crippen molar-refractivity contribution in [3.63, 3.8) is 0 Å². The van der Waals surface area contributed by atoms with Gasteiger partial charge in [0.2, 0.25) is 0 Å². The second-order valence-electron chi connectivity index (χ2n) is 3.89. The lowest BCUT2D eigenvalue weighted by Gasteiger charge is -2.20. The molecule has 1 aromatic carbocycles. The first kappa shape index (κ1) is 11.1. The molecule has 1 aromatic rings. The number of benzene rings is 1. The highest BCUT2D eigenvalue weighted by Crippen LogP contribution is 2.38. The minimum Gasteiger partial charge on any atom is -0.482 e. The van der Waals surface area contributed by atoms with E-state index in [1.165, 1.54) is 0 Å². The van der Waals surface area contributed by atoms with Crippen LogP contribution in [0.2, 0.25) is 0 Å². The van der Waals surface area contributed by atoms with Crippen LogP contribution in [0.3, 0.4) is 0 Å². The molecule has 0 bridgehead atoms. The largest absolute Gasteiger partial charge is 0.482 e. The quantitative estimate of drug-likeness (QED) is 0.611. The van der Waals surface area contributed by atoms with Crippen LogP contribution in [-0.2, 0) is 4.79 Å². The third-order valence-electron chi connectivity index (χ3n) is 2.11. The van der Waals surface area contributed by atoms with Gasteiger partial charge in [0.25, 0.3) is 5.91 Å². The molecule has 16 heavy (non-hydrogen) atoms. The Hall–Kier alpha value is -1.36. The second kappa shape index (κ2) is 4.25. The highest BCUT2D eigenvalue weighted by Gasteiger charge is 2.18. The average molecular weight is 238 g/mol. The van der Waals surface area contributed by atoms with Gasteiger partial charge in [-0.25, -0.2) is 0 Å². The Labute approximate surface area is 98.5 Å². The molecule has 5 heteroatoms. The van der Waals surface area contributed by atoms with Crippen LogP contribution in [0.15, 0.2) is 17.0 Å². The van der Waals surface area contributed by atoms with E-state index in [0.717, 1.165) is 4.90 Å².